The van der Waals surface area contributed by atoms with E-state index in [-0.39, 0.29) is 5.78 Å². The van der Waals surface area contributed by atoms with Gasteiger partial charge in [0.15, 0.2) is 11.2 Å². The lowest BCUT2D eigenvalue weighted by atomic mass is 9.69. The van der Waals surface area contributed by atoms with Crippen LogP contribution in [0.2, 0.25) is 0 Å². The molecular formula is C27H17BrFN3O. The molecule has 0 aliphatic carbocycles. The number of hydrogen-bond acceptors (Lipinski definition) is 4. The molecule has 0 radical (unpaired) electrons. The van der Waals surface area contributed by atoms with Crippen LogP contribution in [-0.2, 0) is 0 Å². The van der Waals surface area contributed by atoms with Gasteiger partial charge in [0.2, 0.25) is 0 Å². The van der Waals surface area contributed by atoms with Crippen LogP contribution in [0.5, 0.6) is 0 Å². The van der Waals surface area contributed by atoms with E-state index in [4.69, 9.17) is 0 Å². The van der Waals surface area contributed by atoms with Crippen LogP contribution in [0.1, 0.15) is 27.4 Å². The highest BCUT2D eigenvalue weighted by atomic mass is 79.9. The van der Waals surface area contributed by atoms with Gasteiger partial charge in [0, 0.05) is 21.6 Å². The van der Waals surface area contributed by atoms with E-state index >= 15 is 0 Å². The van der Waals surface area contributed by atoms with Crippen LogP contribution < -0.4 is 4.90 Å². The second kappa shape index (κ2) is 7.99. The molecule has 6 heteroatoms. The molecule has 5 rings (SSSR count). The van der Waals surface area contributed by atoms with Crippen LogP contribution in [-0.4, -0.2) is 17.9 Å². The predicted octanol–water partition coefficient (Wildman–Crippen LogP) is 5.87. The number of carbonyl (C=O) groups excluding carboxylic acids is 1. The maximum Gasteiger partial charge on any atom is 0.186 e. The van der Waals surface area contributed by atoms with Crippen molar-refractivity contribution in [2.75, 3.05) is 4.90 Å². The summed E-state index contributed by atoms with van der Waals surface area (Å²) in [6, 6.07) is 23.5. The minimum Gasteiger partial charge on any atom is -0.351 e. The second-order valence-electron chi connectivity index (χ2n) is 8.21. The summed E-state index contributed by atoms with van der Waals surface area (Å²) in [6.45, 7) is 0. The largest absolute Gasteiger partial charge is 0.351 e. The summed E-state index contributed by atoms with van der Waals surface area (Å²) < 4.78 is 14.5. The molecule has 0 saturated carbocycles. The predicted molar refractivity (Wildman–Crippen MR) is 127 cm³/mol. The average molecular weight is 498 g/mol. The average Bonchev–Trinajstić information content (AvgIpc) is 3.15. The Labute approximate surface area is 199 Å². The van der Waals surface area contributed by atoms with Gasteiger partial charge in [-0.2, -0.15) is 10.5 Å². The van der Waals surface area contributed by atoms with E-state index in [0.717, 1.165) is 15.7 Å². The van der Waals surface area contributed by atoms with Crippen LogP contribution in [0.4, 0.5) is 10.1 Å². The lowest BCUT2D eigenvalue weighted by molar-refractivity contribution is 0.0951. The normalized spacial score (nSPS) is 22.1. The fraction of sp³-hybridized carbons (Fsp3) is 0.148. The quantitative estimate of drug-likeness (QED) is 0.424. The van der Waals surface area contributed by atoms with E-state index in [1.54, 1.807) is 30.3 Å². The fourth-order valence-corrected chi connectivity index (χ4v) is 5.49. The van der Waals surface area contributed by atoms with Crippen molar-refractivity contribution in [3.05, 3.63) is 106 Å². The Hall–Kier alpha value is -3.74. The number of halogens is 2. The molecule has 0 aromatic heterocycles. The number of anilines is 1. The lowest BCUT2D eigenvalue weighted by Crippen LogP contribution is -2.44. The number of ketones is 1. The first-order chi connectivity index (χ1) is 16.0. The summed E-state index contributed by atoms with van der Waals surface area (Å²) >= 11 is 3.43. The van der Waals surface area contributed by atoms with Crippen molar-refractivity contribution in [3.8, 4) is 12.1 Å². The van der Waals surface area contributed by atoms with Crippen molar-refractivity contribution in [3.63, 3.8) is 0 Å². The lowest BCUT2D eigenvalue weighted by Gasteiger charge is -2.35. The van der Waals surface area contributed by atoms with Crippen molar-refractivity contribution in [1.29, 1.82) is 10.5 Å². The first-order valence-electron chi connectivity index (χ1n) is 10.4. The monoisotopic (exact) mass is 497 g/mol. The van der Waals surface area contributed by atoms with Gasteiger partial charge in [0.05, 0.1) is 18.2 Å². The Bertz CT molecular complexity index is 1360. The summed E-state index contributed by atoms with van der Waals surface area (Å²) in [4.78, 5) is 16.0. The number of rotatable bonds is 3. The van der Waals surface area contributed by atoms with Gasteiger partial charge in [-0.25, -0.2) is 4.39 Å². The number of fused-ring (bicyclic) bond motifs is 3. The summed E-state index contributed by atoms with van der Waals surface area (Å²) in [5.74, 6) is -1.41. The van der Waals surface area contributed by atoms with Gasteiger partial charge in [-0.05, 0) is 41.5 Å². The minimum absolute atomic E-state index is 0.201. The van der Waals surface area contributed by atoms with Crippen molar-refractivity contribution >= 4 is 33.5 Å². The zero-order valence-corrected chi connectivity index (χ0v) is 18.9. The topological polar surface area (TPSA) is 67.9 Å². The van der Waals surface area contributed by atoms with Gasteiger partial charge < -0.3 is 4.90 Å². The Morgan fingerprint density at radius 3 is 2.42 bits per heavy atom. The third kappa shape index (κ3) is 3.18. The van der Waals surface area contributed by atoms with Crippen LogP contribution in [0, 0.1) is 33.9 Å². The maximum atomic E-state index is 14.1. The van der Waals surface area contributed by atoms with Crippen LogP contribution in [0.3, 0.4) is 0 Å². The number of para-hydroxylation sites is 1. The molecule has 0 amide bonds. The molecule has 0 N–H and O–H groups in total. The zero-order chi connectivity index (χ0) is 23.2. The molecule has 0 unspecified atom stereocenters. The molecule has 3 aromatic rings. The molecule has 1 fully saturated rings. The third-order valence-corrected chi connectivity index (χ3v) is 7.02. The zero-order valence-electron chi connectivity index (χ0n) is 17.3. The van der Waals surface area contributed by atoms with E-state index < -0.39 is 29.2 Å². The summed E-state index contributed by atoms with van der Waals surface area (Å²) in [6.07, 6.45) is 3.73. The molecule has 4 nitrogen and oxygen atoms in total. The first kappa shape index (κ1) is 21.1. The van der Waals surface area contributed by atoms with E-state index in [2.05, 4.69) is 28.1 Å². The standard InChI is InChI=1S/C27H17BrFN3O/c28-20-6-3-5-19(14-20)26(33)25-24(18-8-11-21(29)12-9-18)27(15-30,16-31)23-13-10-17-4-1-2-7-22(17)32(23)25/h1-14,23-25H/t23-,24-,25+/m1/s1. The smallest absolute Gasteiger partial charge is 0.186 e. The van der Waals surface area contributed by atoms with E-state index in [1.165, 1.54) is 12.1 Å². The van der Waals surface area contributed by atoms with Gasteiger partial charge >= 0.3 is 0 Å². The van der Waals surface area contributed by atoms with E-state index in [9.17, 15) is 19.7 Å². The molecule has 2 aliphatic rings. The highest BCUT2D eigenvalue weighted by Gasteiger charge is 2.63. The van der Waals surface area contributed by atoms with Gasteiger partial charge in [-0.1, -0.05) is 70.5 Å². The van der Waals surface area contributed by atoms with Crippen molar-refractivity contribution in [2.45, 2.75) is 18.0 Å². The van der Waals surface area contributed by atoms with Gasteiger partial charge in [-0.15, -0.1) is 0 Å². The SMILES string of the molecule is N#CC1(C#N)[C@H](c2ccc(F)cc2)[C@@H](C(=O)c2cccc(Br)c2)N2c3ccccc3C=C[C@@H]21. The Balaban J connectivity index is 1.79. The van der Waals surface area contributed by atoms with Crippen LogP contribution in [0.15, 0.2) is 83.3 Å². The third-order valence-electron chi connectivity index (χ3n) is 6.52. The minimum atomic E-state index is -1.55. The van der Waals surface area contributed by atoms with Crippen LogP contribution >= 0.6 is 15.9 Å². The number of benzene rings is 3. The molecular weight excluding hydrogens is 481 g/mol. The van der Waals surface area contributed by atoms with Crippen molar-refractivity contribution in [1.82, 2.24) is 0 Å². The highest BCUT2D eigenvalue weighted by Crippen LogP contribution is 2.55. The summed E-state index contributed by atoms with van der Waals surface area (Å²) in [7, 11) is 0. The van der Waals surface area contributed by atoms with E-state index in [1.807, 2.05) is 47.4 Å². The molecule has 2 heterocycles. The second-order valence-corrected chi connectivity index (χ2v) is 9.13. The van der Waals surface area contributed by atoms with Crippen LogP contribution in [0.25, 0.3) is 6.08 Å². The molecule has 1 saturated heterocycles. The Kier molecular flexibility index (Phi) is 5.12. The number of nitrogens with zero attached hydrogens (tertiary/aromatic N) is 3. The van der Waals surface area contributed by atoms with Gasteiger partial charge in [-0.3, -0.25) is 4.79 Å². The molecule has 3 atom stereocenters. The maximum absolute atomic E-state index is 14.1. The first-order valence-corrected chi connectivity index (χ1v) is 11.2. The van der Waals surface area contributed by atoms with E-state index in [0.29, 0.717) is 11.1 Å². The molecule has 0 bridgehead atoms. The van der Waals surface area contributed by atoms with Gasteiger partial charge in [0.25, 0.3) is 0 Å². The molecule has 3 aromatic carbocycles. The van der Waals surface area contributed by atoms with Crippen molar-refractivity contribution < 1.29 is 9.18 Å². The fourth-order valence-electron chi connectivity index (χ4n) is 5.09. The number of hydrogen-bond donors (Lipinski definition) is 0. The summed E-state index contributed by atoms with van der Waals surface area (Å²) in [5.41, 5.74) is 1.20. The van der Waals surface area contributed by atoms with Gasteiger partial charge in [0.1, 0.15) is 11.9 Å². The Morgan fingerprint density at radius 2 is 1.73 bits per heavy atom. The number of nitriles is 2. The summed E-state index contributed by atoms with van der Waals surface area (Å²) in [5, 5.41) is 20.8. The highest BCUT2D eigenvalue weighted by molar-refractivity contribution is 9.10. The molecule has 33 heavy (non-hydrogen) atoms. The molecule has 160 valence electrons. The Morgan fingerprint density at radius 1 is 1.00 bits per heavy atom. The molecule has 0 spiro atoms. The van der Waals surface area contributed by atoms with Crippen molar-refractivity contribution in [2.24, 2.45) is 5.41 Å². The number of carbonyl (C=O) groups is 1. The number of Topliss-reactive ketones (excluding diaryl/α,β-unsaturated/α-hetero) is 1. The molecule has 2 aliphatic heterocycles.